The number of carbonyl (C=O) groups excluding carboxylic acids is 1. The summed E-state index contributed by atoms with van der Waals surface area (Å²) < 4.78 is 37.5. The average Bonchev–Trinajstić information content (AvgIpc) is 2.76. The Hall–Kier alpha value is -3.60. The number of amides is 2. The van der Waals surface area contributed by atoms with Crippen LogP contribution in [0.4, 0.5) is 26.4 Å². The number of aromatic nitrogens is 3. The van der Waals surface area contributed by atoms with Crippen LogP contribution in [-0.4, -0.2) is 48.2 Å². The van der Waals surface area contributed by atoms with E-state index in [9.17, 15) is 17.6 Å². The predicted octanol–water partition coefficient (Wildman–Crippen LogP) is 3.71. The van der Waals surface area contributed by atoms with E-state index < -0.39 is 21.7 Å². The lowest BCUT2D eigenvalue weighted by atomic mass is 10.1. The Kier molecular flexibility index (Phi) is 6.23. The summed E-state index contributed by atoms with van der Waals surface area (Å²) in [6.45, 7) is 2.63. The van der Waals surface area contributed by atoms with Crippen LogP contribution in [0.25, 0.3) is 11.3 Å². The number of nitrogens with zero attached hydrogens (tertiary/aromatic N) is 4. The lowest BCUT2D eigenvalue weighted by molar-refractivity contribution is 0.254. The first-order valence-corrected chi connectivity index (χ1v) is 12.2. The average molecular weight is 471 g/mol. The topological polar surface area (TPSA) is 117 Å². The zero-order valence-corrected chi connectivity index (χ0v) is 18.9. The number of nitrogens with one attached hydrogen (secondary N) is 2. The molecule has 3 aromatic heterocycles. The Labute approximate surface area is 191 Å². The van der Waals surface area contributed by atoms with Crippen LogP contribution >= 0.6 is 0 Å². The Morgan fingerprint density at radius 2 is 1.97 bits per heavy atom. The number of sulfone groups is 1. The molecule has 1 aliphatic heterocycles. The second-order valence-electron chi connectivity index (χ2n) is 7.86. The summed E-state index contributed by atoms with van der Waals surface area (Å²) >= 11 is 0. The molecule has 1 aliphatic rings. The predicted molar refractivity (Wildman–Crippen MR) is 123 cm³/mol. The quantitative estimate of drug-likeness (QED) is 0.599. The summed E-state index contributed by atoms with van der Waals surface area (Å²) in [5.41, 5.74) is 1.85. The fraction of sp³-hybridized carbons (Fsp3) is 0.273. The van der Waals surface area contributed by atoms with E-state index in [1.54, 1.807) is 12.1 Å². The molecule has 172 valence electrons. The molecule has 0 aromatic carbocycles. The highest BCUT2D eigenvalue weighted by Crippen LogP contribution is 2.32. The van der Waals surface area contributed by atoms with Crippen LogP contribution in [0.3, 0.4) is 0 Å². The van der Waals surface area contributed by atoms with Gasteiger partial charge in [-0.3, -0.25) is 14.9 Å². The van der Waals surface area contributed by atoms with E-state index in [0.717, 1.165) is 25.3 Å². The van der Waals surface area contributed by atoms with Crippen LogP contribution in [0.15, 0.2) is 53.9 Å². The van der Waals surface area contributed by atoms with Crippen molar-refractivity contribution in [3.63, 3.8) is 0 Å². The molecule has 33 heavy (non-hydrogen) atoms. The molecule has 3 aromatic rings. The second kappa shape index (κ2) is 9.10. The summed E-state index contributed by atoms with van der Waals surface area (Å²) in [6.07, 6.45) is 7.89. The first kappa shape index (κ1) is 22.6. The van der Waals surface area contributed by atoms with E-state index in [1.165, 1.54) is 35.6 Å². The van der Waals surface area contributed by atoms with E-state index in [-0.39, 0.29) is 16.6 Å². The van der Waals surface area contributed by atoms with Crippen LogP contribution in [0, 0.1) is 5.82 Å². The summed E-state index contributed by atoms with van der Waals surface area (Å²) in [4.78, 5) is 27.4. The first-order valence-electron chi connectivity index (χ1n) is 10.3. The third kappa shape index (κ3) is 5.08. The standard InChI is InChI=1S/C22H23FN6O3S/c1-14-4-3-7-26-20-6-5-19(15-8-18(13-24-10-15)33(2,31)32)28-21(20)29(14)22(30)27-17-9-16(23)11-25-12-17/h5-6,8-14,26H,3-4,7H2,1-2H3,(H,27,30)/t14-/m1/s1. The molecule has 2 N–H and O–H groups in total. The van der Waals surface area contributed by atoms with Gasteiger partial charge in [-0.15, -0.1) is 0 Å². The normalized spacial score (nSPS) is 16.2. The van der Waals surface area contributed by atoms with Crippen LogP contribution in [0.5, 0.6) is 0 Å². The van der Waals surface area contributed by atoms with Crippen molar-refractivity contribution >= 4 is 33.1 Å². The molecule has 0 aliphatic carbocycles. The minimum atomic E-state index is -3.45. The molecule has 11 heteroatoms. The molecular formula is C22H23FN6O3S. The highest BCUT2D eigenvalue weighted by molar-refractivity contribution is 7.90. The van der Waals surface area contributed by atoms with Gasteiger partial charge in [0.25, 0.3) is 0 Å². The zero-order chi connectivity index (χ0) is 23.6. The van der Waals surface area contributed by atoms with E-state index in [2.05, 4.69) is 20.6 Å². The van der Waals surface area contributed by atoms with Crippen molar-refractivity contribution in [1.82, 2.24) is 15.0 Å². The van der Waals surface area contributed by atoms with Gasteiger partial charge in [0, 0.05) is 42.9 Å². The number of urea groups is 1. The van der Waals surface area contributed by atoms with Gasteiger partial charge in [-0.2, -0.15) is 0 Å². The molecule has 1 atom stereocenters. The molecule has 4 heterocycles. The molecule has 0 unspecified atom stereocenters. The number of anilines is 3. The Bertz CT molecular complexity index is 1300. The van der Waals surface area contributed by atoms with Gasteiger partial charge in [0.2, 0.25) is 0 Å². The first-order chi connectivity index (χ1) is 15.7. The van der Waals surface area contributed by atoms with Gasteiger partial charge in [-0.25, -0.2) is 22.6 Å². The van der Waals surface area contributed by atoms with Gasteiger partial charge < -0.3 is 10.6 Å². The van der Waals surface area contributed by atoms with Crippen molar-refractivity contribution in [2.24, 2.45) is 0 Å². The maximum absolute atomic E-state index is 13.6. The van der Waals surface area contributed by atoms with Crippen LogP contribution in [0.2, 0.25) is 0 Å². The van der Waals surface area contributed by atoms with E-state index in [4.69, 9.17) is 4.98 Å². The van der Waals surface area contributed by atoms with Crippen molar-refractivity contribution in [3.8, 4) is 11.3 Å². The van der Waals surface area contributed by atoms with Crippen LogP contribution in [0.1, 0.15) is 19.8 Å². The minimum Gasteiger partial charge on any atom is -0.382 e. The minimum absolute atomic E-state index is 0.0771. The SMILES string of the molecule is C[C@@H]1CCCNc2ccc(-c3cncc(S(C)(=O)=O)c3)nc2N1C(=O)Nc1cncc(F)c1. The number of carbonyl (C=O) groups is 1. The highest BCUT2D eigenvalue weighted by Gasteiger charge is 2.28. The van der Waals surface area contributed by atoms with Gasteiger partial charge in [-0.1, -0.05) is 0 Å². The van der Waals surface area contributed by atoms with Crippen molar-refractivity contribution in [1.29, 1.82) is 0 Å². The number of halogens is 1. The molecule has 0 radical (unpaired) electrons. The van der Waals surface area contributed by atoms with Gasteiger partial charge in [-0.05, 0) is 38.0 Å². The number of hydrogen-bond acceptors (Lipinski definition) is 7. The zero-order valence-electron chi connectivity index (χ0n) is 18.1. The van der Waals surface area contributed by atoms with Crippen LogP contribution < -0.4 is 15.5 Å². The number of pyridine rings is 3. The van der Waals surface area contributed by atoms with Crippen LogP contribution in [-0.2, 0) is 9.84 Å². The molecule has 0 saturated carbocycles. The molecule has 0 saturated heterocycles. The number of hydrogen-bond donors (Lipinski definition) is 2. The van der Waals surface area contributed by atoms with Gasteiger partial charge in [0.05, 0.1) is 34.4 Å². The molecule has 4 rings (SSSR count). The number of rotatable bonds is 3. The maximum atomic E-state index is 13.6. The molecule has 9 nitrogen and oxygen atoms in total. The molecule has 0 fully saturated rings. The second-order valence-corrected chi connectivity index (χ2v) is 9.87. The van der Waals surface area contributed by atoms with Gasteiger partial charge >= 0.3 is 6.03 Å². The monoisotopic (exact) mass is 470 g/mol. The molecule has 0 bridgehead atoms. The van der Waals surface area contributed by atoms with Crippen molar-refractivity contribution in [2.45, 2.75) is 30.7 Å². The lowest BCUT2D eigenvalue weighted by Crippen LogP contribution is -2.43. The summed E-state index contributed by atoms with van der Waals surface area (Å²) in [7, 11) is -3.45. The summed E-state index contributed by atoms with van der Waals surface area (Å²) in [6, 6.07) is 5.55. The molecular weight excluding hydrogens is 447 g/mol. The lowest BCUT2D eigenvalue weighted by Gasteiger charge is -2.32. The van der Waals surface area contributed by atoms with Crippen molar-refractivity contribution in [2.75, 3.05) is 28.3 Å². The van der Waals surface area contributed by atoms with Crippen molar-refractivity contribution < 1.29 is 17.6 Å². The van der Waals surface area contributed by atoms with E-state index in [0.29, 0.717) is 29.3 Å². The smallest absolute Gasteiger partial charge is 0.327 e. The summed E-state index contributed by atoms with van der Waals surface area (Å²) in [5, 5.41) is 5.98. The third-order valence-corrected chi connectivity index (χ3v) is 6.35. The highest BCUT2D eigenvalue weighted by atomic mass is 32.2. The Morgan fingerprint density at radius 1 is 1.18 bits per heavy atom. The molecule has 0 spiro atoms. The van der Waals surface area contributed by atoms with E-state index in [1.807, 2.05) is 6.92 Å². The Morgan fingerprint density at radius 3 is 2.73 bits per heavy atom. The molecule has 2 amide bonds. The fourth-order valence-corrected chi connectivity index (χ4v) is 4.20. The fourth-order valence-electron chi connectivity index (χ4n) is 3.61. The largest absolute Gasteiger partial charge is 0.382 e. The van der Waals surface area contributed by atoms with Gasteiger partial charge in [0.15, 0.2) is 15.7 Å². The number of fused-ring (bicyclic) bond motifs is 1. The summed E-state index contributed by atoms with van der Waals surface area (Å²) in [5.74, 6) is -0.180. The Balaban J connectivity index is 1.76. The van der Waals surface area contributed by atoms with E-state index >= 15 is 0 Å². The third-order valence-electron chi connectivity index (χ3n) is 5.27. The van der Waals surface area contributed by atoms with Crippen molar-refractivity contribution in [3.05, 3.63) is 54.9 Å². The maximum Gasteiger partial charge on any atom is 0.327 e. The van der Waals surface area contributed by atoms with Gasteiger partial charge in [0.1, 0.15) is 5.82 Å².